The van der Waals surface area contributed by atoms with Gasteiger partial charge in [0.25, 0.3) is 0 Å². The molecule has 2 aromatic rings. The molecule has 200 valence electrons. The minimum absolute atomic E-state index is 0.205. The largest absolute Gasteiger partial charge is 0.348 e. The number of rotatable bonds is 0. The molecule has 6 nitrogen and oxygen atoms in total. The number of aliphatic imine (C=N–C) groups is 2. The van der Waals surface area contributed by atoms with Gasteiger partial charge in [-0.3, -0.25) is 15.1 Å². The van der Waals surface area contributed by atoms with Crippen molar-refractivity contribution in [3.05, 3.63) is 60.1 Å². The maximum atomic E-state index is 4.24. The lowest BCUT2D eigenvalue weighted by Gasteiger charge is -2.18. The van der Waals surface area contributed by atoms with Gasteiger partial charge in [0, 0.05) is 53.5 Å². The molecule has 0 aromatic carbocycles. The van der Waals surface area contributed by atoms with Crippen molar-refractivity contribution in [2.75, 3.05) is 6.54 Å². The highest BCUT2D eigenvalue weighted by molar-refractivity contribution is 5.92. The number of hydrogen-bond donors (Lipinski definition) is 2. The predicted molar refractivity (Wildman–Crippen MR) is 156 cm³/mol. The molecular weight excluding hydrogens is 444 g/mol. The zero-order valence-electron chi connectivity index (χ0n) is 24.8. The molecule has 0 unspecified atom stereocenters. The molecule has 4 heterocycles. The minimum Gasteiger partial charge on any atom is -0.348 e. The van der Waals surface area contributed by atoms with Gasteiger partial charge in [-0.25, -0.2) is 4.98 Å². The van der Waals surface area contributed by atoms with Crippen LogP contribution in [0, 0.1) is 10.8 Å². The Kier molecular flexibility index (Phi) is 11.3. The molecule has 2 aliphatic rings. The van der Waals surface area contributed by atoms with Crippen molar-refractivity contribution in [3.63, 3.8) is 0 Å². The van der Waals surface area contributed by atoms with E-state index in [9.17, 15) is 0 Å². The lowest BCUT2D eigenvalue weighted by Crippen LogP contribution is -2.17. The number of aromatic amines is 2. The number of imidazole rings is 1. The van der Waals surface area contributed by atoms with Crippen LogP contribution >= 0.6 is 0 Å². The smallest absolute Gasteiger partial charge is 0.0921 e. The topological polar surface area (TPSA) is 82.1 Å². The van der Waals surface area contributed by atoms with Crippen LogP contribution in [-0.2, 0) is 10.8 Å². The number of nitrogens with zero attached hydrogens (tertiary/aromatic N) is 4. The SMILES string of the molecule is CC(C)(C)C1=CC=NC1.CC(C)(C)C1=NC=CC1.CC(C)(C)c1cn[nH]c1.CC(C)(C)c1cnc[nH]1. The summed E-state index contributed by atoms with van der Waals surface area (Å²) in [6, 6.07) is 0. The van der Waals surface area contributed by atoms with Crippen molar-refractivity contribution in [3.8, 4) is 0 Å². The van der Waals surface area contributed by atoms with Crippen molar-refractivity contribution in [1.82, 2.24) is 20.2 Å². The number of aromatic nitrogens is 4. The summed E-state index contributed by atoms with van der Waals surface area (Å²) in [7, 11) is 0. The predicted octanol–water partition coefficient (Wildman–Crippen LogP) is 7.85. The quantitative estimate of drug-likeness (QED) is 0.391. The molecule has 0 amide bonds. The first-order valence-electron chi connectivity index (χ1n) is 12.8. The summed E-state index contributed by atoms with van der Waals surface area (Å²) in [6.45, 7) is 27.1. The van der Waals surface area contributed by atoms with E-state index in [4.69, 9.17) is 0 Å². The summed E-state index contributed by atoms with van der Waals surface area (Å²) in [4.78, 5) is 15.4. The van der Waals surface area contributed by atoms with Crippen LogP contribution in [0.1, 0.15) is 101 Å². The molecule has 0 saturated heterocycles. The first-order valence-corrected chi connectivity index (χ1v) is 12.8. The van der Waals surface area contributed by atoms with Crippen LogP contribution < -0.4 is 0 Å². The average molecular weight is 495 g/mol. The third kappa shape index (κ3) is 11.8. The lowest BCUT2D eigenvalue weighted by atomic mass is 9.87. The summed E-state index contributed by atoms with van der Waals surface area (Å²) in [6.07, 6.45) is 16.4. The van der Waals surface area contributed by atoms with Gasteiger partial charge >= 0.3 is 0 Å². The Bertz CT molecular complexity index is 907. The van der Waals surface area contributed by atoms with E-state index in [1.807, 2.05) is 31.0 Å². The second-order valence-electron chi connectivity index (χ2n) is 13.3. The lowest BCUT2D eigenvalue weighted by molar-refractivity contribution is 0.499. The number of allylic oxidation sites excluding steroid dienone is 2. The van der Waals surface area contributed by atoms with Crippen molar-refractivity contribution in [1.29, 1.82) is 0 Å². The molecule has 0 radical (unpaired) electrons. The molecule has 0 aliphatic carbocycles. The van der Waals surface area contributed by atoms with Gasteiger partial charge in [-0.2, -0.15) is 5.10 Å². The van der Waals surface area contributed by atoms with Gasteiger partial charge in [0.1, 0.15) is 0 Å². The zero-order valence-corrected chi connectivity index (χ0v) is 24.8. The summed E-state index contributed by atoms with van der Waals surface area (Å²) in [5.41, 5.74) is 6.18. The van der Waals surface area contributed by atoms with E-state index in [1.165, 1.54) is 22.5 Å². The normalized spacial score (nSPS) is 15.1. The van der Waals surface area contributed by atoms with Gasteiger partial charge in [0.05, 0.1) is 19.1 Å². The van der Waals surface area contributed by atoms with E-state index in [2.05, 4.69) is 125 Å². The molecule has 2 N–H and O–H groups in total. The molecule has 0 fully saturated rings. The average Bonchev–Trinajstić information content (AvgIpc) is 3.57. The Morgan fingerprint density at radius 1 is 0.778 bits per heavy atom. The van der Waals surface area contributed by atoms with Gasteiger partial charge in [-0.1, -0.05) is 89.2 Å². The molecular formula is C30H50N6. The Morgan fingerprint density at radius 2 is 1.44 bits per heavy atom. The Hall–Kier alpha value is -2.76. The van der Waals surface area contributed by atoms with Gasteiger partial charge in [0.15, 0.2) is 0 Å². The van der Waals surface area contributed by atoms with E-state index in [0.29, 0.717) is 5.41 Å². The van der Waals surface area contributed by atoms with Gasteiger partial charge in [-0.15, -0.1) is 0 Å². The highest BCUT2D eigenvalue weighted by Crippen LogP contribution is 2.26. The van der Waals surface area contributed by atoms with E-state index in [1.54, 1.807) is 6.33 Å². The monoisotopic (exact) mass is 494 g/mol. The van der Waals surface area contributed by atoms with Crippen LogP contribution in [-0.4, -0.2) is 38.6 Å². The molecule has 4 rings (SSSR count). The first-order chi connectivity index (χ1) is 16.4. The van der Waals surface area contributed by atoms with Crippen molar-refractivity contribution in [2.24, 2.45) is 20.8 Å². The molecule has 0 saturated carbocycles. The summed E-state index contributed by atoms with van der Waals surface area (Å²) in [5.74, 6) is 0. The second-order valence-corrected chi connectivity index (χ2v) is 13.3. The Balaban J connectivity index is 0.000000240. The maximum absolute atomic E-state index is 4.24. The van der Waals surface area contributed by atoms with Crippen molar-refractivity contribution >= 4 is 11.9 Å². The van der Waals surface area contributed by atoms with E-state index >= 15 is 0 Å². The second kappa shape index (κ2) is 13.0. The fourth-order valence-electron chi connectivity index (χ4n) is 3.02. The molecule has 6 heteroatoms. The Labute approximate surface area is 219 Å². The van der Waals surface area contributed by atoms with Crippen LogP contribution in [0.5, 0.6) is 0 Å². The fraction of sp³-hybridized carbons (Fsp3) is 0.600. The molecule has 0 spiro atoms. The summed E-state index contributed by atoms with van der Waals surface area (Å²) in [5, 5.41) is 6.65. The summed E-state index contributed by atoms with van der Waals surface area (Å²) >= 11 is 0. The van der Waals surface area contributed by atoms with Gasteiger partial charge < -0.3 is 4.98 Å². The van der Waals surface area contributed by atoms with Gasteiger partial charge in [-0.05, 0) is 28.0 Å². The van der Waals surface area contributed by atoms with Crippen LogP contribution in [0.3, 0.4) is 0 Å². The molecule has 2 aromatic heterocycles. The number of hydrogen-bond acceptors (Lipinski definition) is 4. The first kappa shape index (κ1) is 31.3. The van der Waals surface area contributed by atoms with Crippen molar-refractivity contribution < 1.29 is 0 Å². The fourth-order valence-corrected chi connectivity index (χ4v) is 3.02. The summed E-state index contributed by atoms with van der Waals surface area (Å²) < 4.78 is 0. The molecule has 36 heavy (non-hydrogen) atoms. The molecule has 0 bridgehead atoms. The number of nitrogens with one attached hydrogen (secondary N) is 2. The van der Waals surface area contributed by atoms with E-state index < -0.39 is 0 Å². The standard InChI is InChI=1S/2C8H13N.2C7H12N2/c1-8(2,3)7-4-5-9-6-7;1-8(2,3)7-5-4-6-9-7;1-7(2,3)6-4-8-5-9-6;1-7(2,3)6-4-8-9-5-6/h4-5H,6H2,1-3H3;4,6H,5H2,1-3H3;2*4-5H,1-3H3,(H,8,9). The zero-order chi connectivity index (χ0) is 27.6. The molecule has 0 atom stereocenters. The highest BCUT2D eigenvalue weighted by Gasteiger charge is 2.19. The number of H-pyrrole nitrogens is 2. The Morgan fingerprint density at radius 3 is 1.67 bits per heavy atom. The van der Waals surface area contributed by atoms with Crippen molar-refractivity contribution in [2.45, 2.75) is 100 Å². The molecule has 2 aliphatic heterocycles. The minimum atomic E-state index is 0.205. The third-order valence-corrected chi connectivity index (χ3v) is 5.79. The third-order valence-electron chi connectivity index (χ3n) is 5.79. The maximum Gasteiger partial charge on any atom is 0.0921 e. The van der Waals surface area contributed by atoms with Crippen LogP contribution in [0.4, 0.5) is 0 Å². The van der Waals surface area contributed by atoms with Crippen LogP contribution in [0.15, 0.2) is 58.8 Å². The highest BCUT2D eigenvalue weighted by atomic mass is 15.1. The van der Waals surface area contributed by atoms with E-state index in [-0.39, 0.29) is 16.2 Å². The van der Waals surface area contributed by atoms with E-state index in [0.717, 1.165) is 13.0 Å². The van der Waals surface area contributed by atoms with Crippen LogP contribution in [0.2, 0.25) is 0 Å². The van der Waals surface area contributed by atoms with Gasteiger partial charge in [0.2, 0.25) is 0 Å². The van der Waals surface area contributed by atoms with Crippen LogP contribution in [0.25, 0.3) is 0 Å².